The molecular weight excluding hydrogens is 640 g/mol. The summed E-state index contributed by atoms with van der Waals surface area (Å²) in [7, 11) is -3.88. The SMILES string of the molecule is C=C[C@@H]1C[C@]1(NC(=O)[C@@H]1C[C@@H](Oc2nccc(-c3ccco3)n2)CN1C(=O)[C@@H](NC(=O)CC1CC1)C(C)(C)C)C(=O)NS(=O)(=O)C1CC1. The number of amides is 4. The van der Waals surface area contributed by atoms with Crippen LogP contribution in [0.25, 0.3) is 11.5 Å². The van der Waals surface area contributed by atoms with Crippen molar-refractivity contribution in [1.29, 1.82) is 0 Å². The average Bonchev–Trinajstić information content (AvgIpc) is 3.98. The second kappa shape index (κ2) is 12.6. The zero-order valence-corrected chi connectivity index (χ0v) is 28.1. The maximum absolute atomic E-state index is 14.3. The first kappa shape index (κ1) is 33.6. The molecule has 6 rings (SSSR count). The molecule has 0 radical (unpaired) electrons. The molecule has 15 heteroatoms. The van der Waals surface area contributed by atoms with Gasteiger partial charge in [-0.15, -0.1) is 6.58 Å². The van der Waals surface area contributed by atoms with E-state index < -0.39 is 68.1 Å². The zero-order chi connectivity index (χ0) is 34.4. The van der Waals surface area contributed by atoms with Crippen LogP contribution in [-0.4, -0.2) is 82.4 Å². The number of furan rings is 1. The van der Waals surface area contributed by atoms with Crippen LogP contribution in [0, 0.1) is 17.3 Å². The van der Waals surface area contributed by atoms with Crippen molar-refractivity contribution >= 4 is 33.7 Å². The van der Waals surface area contributed by atoms with Crippen molar-refractivity contribution in [3.8, 4) is 17.5 Å². The van der Waals surface area contributed by atoms with Crippen LogP contribution in [0.5, 0.6) is 6.01 Å². The van der Waals surface area contributed by atoms with E-state index in [4.69, 9.17) is 9.15 Å². The van der Waals surface area contributed by atoms with Crippen molar-refractivity contribution in [3.05, 3.63) is 43.3 Å². The first-order chi connectivity index (χ1) is 22.7. The second-order valence-electron chi connectivity index (χ2n) is 14.4. The third-order valence-electron chi connectivity index (χ3n) is 9.37. The van der Waals surface area contributed by atoms with Crippen molar-refractivity contribution < 1.29 is 36.7 Å². The van der Waals surface area contributed by atoms with E-state index in [0.717, 1.165) is 12.8 Å². The molecule has 2 aromatic rings. The number of likely N-dealkylation sites (tertiary alicyclic amines) is 1. The van der Waals surface area contributed by atoms with Crippen molar-refractivity contribution in [2.24, 2.45) is 17.3 Å². The fourth-order valence-electron chi connectivity index (χ4n) is 6.12. The number of rotatable bonds is 13. The summed E-state index contributed by atoms with van der Waals surface area (Å²) in [4.78, 5) is 64.7. The van der Waals surface area contributed by atoms with Crippen LogP contribution in [-0.2, 0) is 29.2 Å². The van der Waals surface area contributed by atoms with Crippen molar-refractivity contribution in [2.45, 2.75) is 94.7 Å². The Morgan fingerprint density at radius 1 is 1.19 bits per heavy atom. The Morgan fingerprint density at radius 2 is 1.94 bits per heavy atom. The molecular formula is C33H42N6O8S. The molecule has 48 heavy (non-hydrogen) atoms. The summed E-state index contributed by atoms with van der Waals surface area (Å²) in [6, 6.07) is 3.06. The Labute approximate surface area is 279 Å². The Hall–Kier alpha value is -4.27. The molecule has 0 unspecified atom stereocenters. The summed E-state index contributed by atoms with van der Waals surface area (Å²) < 4.78 is 38.9. The minimum absolute atomic E-state index is 0.0162. The van der Waals surface area contributed by atoms with Crippen LogP contribution >= 0.6 is 0 Å². The second-order valence-corrected chi connectivity index (χ2v) is 16.3. The molecule has 0 spiro atoms. The van der Waals surface area contributed by atoms with E-state index in [1.54, 1.807) is 18.2 Å². The molecule has 3 N–H and O–H groups in total. The summed E-state index contributed by atoms with van der Waals surface area (Å²) in [6.45, 7) is 9.22. The van der Waals surface area contributed by atoms with E-state index >= 15 is 0 Å². The number of nitrogens with one attached hydrogen (secondary N) is 3. The van der Waals surface area contributed by atoms with Gasteiger partial charge in [0.1, 0.15) is 29.4 Å². The molecule has 4 fully saturated rings. The molecule has 3 saturated carbocycles. The van der Waals surface area contributed by atoms with E-state index in [9.17, 15) is 27.6 Å². The normalized spacial score (nSPS) is 25.9. The lowest BCUT2D eigenvalue weighted by Gasteiger charge is -2.35. The summed E-state index contributed by atoms with van der Waals surface area (Å²) in [5, 5.41) is 5.05. The number of aromatic nitrogens is 2. The largest absolute Gasteiger partial charge is 0.463 e. The van der Waals surface area contributed by atoms with E-state index in [0.29, 0.717) is 36.6 Å². The van der Waals surface area contributed by atoms with Crippen molar-refractivity contribution in [3.63, 3.8) is 0 Å². The van der Waals surface area contributed by atoms with Gasteiger partial charge in [0.15, 0.2) is 5.76 Å². The van der Waals surface area contributed by atoms with Gasteiger partial charge >= 0.3 is 6.01 Å². The molecule has 4 amide bonds. The van der Waals surface area contributed by atoms with E-state index in [2.05, 4.69) is 31.9 Å². The molecule has 3 aliphatic carbocycles. The molecule has 1 aliphatic heterocycles. The number of hydrogen-bond donors (Lipinski definition) is 3. The van der Waals surface area contributed by atoms with Gasteiger partial charge in [-0.2, -0.15) is 4.98 Å². The number of ether oxygens (including phenoxy) is 1. The molecule has 5 atom stereocenters. The summed E-state index contributed by atoms with van der Waals surface area (Å²) >= 11 is 0. The number of nitrogens with zero attached hydrogens (tertiary/aromatic N) is 3. The highest BCUT2D eigenvalue weighted by molar-refractivity contribution is 7.91. The van der Waals surface area contributed by atoms with Gasteiger partial charge in [-0.1, -0.05) is 26.8 Å². The highest BCUT2D eigenvalue weighted by atomic mass is 32.2. The smallest absolute Gasteiger partial charge is 0.317 e. The molecule has 2 aromatic heterocycles. The Balaban J connectivity index is 1.25. The van der Waals surface area contributed by atoms with Gasteiger partial charge in [0, 0.05) is 25.0 Å². The molecule has 1 saturated heterocycles. The van der Waals surface area contributed by atoms with Gasteiger partial charge in [0.05, 0.1) is 18.1 Å². The molecule has 3 heterocycles. The number of carbonyl (C=O) groups is 4. The first-order valence-electron chi connectivity index (χ1n) is 16.3. The predicted octanol–water partition coefficient (Wildman–Crippen LogP) is 2.09. The minimum atomic E-state index is -3.88. The Morgan fingerprint density at radius 3 is 2.54 bits per heavy atom. The van der Waals surface area contributed by atoms with Gasteiger partial charge in [-0.25, -0.2) is 13.4 Å². The van der Waals surface area contributed by atoms with Crippen LogP contribution in [0.15, 0.2) is 47.7 Å². The quantitative estimate of drug-likeness (QED) is 0.264. The van der Waals surface area contributed by atoms with Gasteiger partial charge in [-0.3, -0.25) is 23.9 Å². The Bertz CT molecular complexity index is 1700. The molecule has 0 aromatic carbocycles. The zero-order valence-electron chi connectivity index (χ0n) is 27.3. The standard InChI is InChI=1S/C33H42N6O8S/c1-5-20-17-33(20,30(43)38-48(44,45)22-10-11-22)37-28(41)24-16-21(47-31-34-13-12-23(35-31)25-7-6-14-46-25)18-39(24)29(42)27(32(2,3)4)36-26(40)15-19-8-9-19/h5-7,12-14,19-22,24,27H,1,8-11,15-18H2,2-4H3,(H,36,40)(H,37,41)(H,38,43)/t20-,21-,24+,27-,33-/m1/s1. The third kappa shape index (κ3) is 7.25. The molecule has 258 valence electrons. The van der Waals surface area contributed by atoms with Crippen LogP contribution in [0.1, 0.15) is 65.7 Å². The maximum atomic E-state index is 14.3. The van der Waals surface area contributed by atoms with Gasteiger partial charge in [0.25, 0.3) is 5.91 Å². The highest BCUT2D eigenvalue weighted by Crippen LogP contribution is 2.45. The van der Waals surface area contributed by atoms with Crippen LogP contribution < -0.4 is 20.1 Å². The topological polar surface area (TPSA) is 190 Å². The fourth-order valence-corrected chi connectivity index (χ4v) is 7.48. The maximum Gasteiger partial charge on any atom is 0.317 e. The van der Waals surface area contributed by atoms with Crippen LogP contribution in [0.3, 0.4) is 0 Å². The van der Waals surface area contributed by atoms with Gasteiger partial charge in [0.2, 0.25) is 27.7 Å². The lowest BCUT2D eigenvalue weighted by molar-refractivity contribution is -0.144. The highest BCUT2D eigenvalue weighted by Gasteiger charge is 2.62. The number of sulfonamides is 1. The van der Waals surface area contributed by atoms with Crippen molar-refractivity contribution in [2.75, 3.05) is 6.54 Å². The van der Waals surface area contributed by atoms with Gasteiger partial charge < -0.3 is 24.7 Å². The average molecular weight is 683 g/mol. The van der Waals surface area contributed by atoms with Crippen LogP contribution in [0.2, 0.25) is 0 Å². The van der Waals surface area contributed by atoms with E-state index in [-0.39, 0.29) is 31.3 Å². The number of hydrogen-bond acceptors (Lipinski definition) is 10. The third-order valence-corrected chi connectivity index (χ3v) is 11.2. The first-order valence-corrected chi connectivity index (χ1v) is 17.9. The molecule has 4 aliphatic rings. The lowest BCUT2D eigenvalue weighted by atomic mass is 9.85. The molecule has 14 nitrogen and oxygen atoms in total. The van der Waals surface area contributed by atoms with Crippen molar-refractivity contribution in [1.82, 2.24) is 30.2 Å². The predicted molar refractivity (Wildman–Crippen MR) is 172 cm³/mol. The fraction of sp³-hybridized carbons (Fsp3) is 0.576. The minimum Gasteiger partial charge on any atom is -0.463 e. The van der Waals surface area contributed by atoms with Gasteiger partial charge in [-0.05, 0) is 61.6 Å². The molecule has 0 bridgehead atoms. The summed E-state index contributed by atoms with van der Waals surface area (Å²) in [5.41, 5.74) is -1.76. The lowest BCUT2D eigenvalue weighted by Crippen LogP contribution is -2.60. The monoisotopic (exact) mass is 682 g/mol. The van der Waals surface area contributed by atoms with E-state index in [1.807, 2.05) is 20.8 Å². The Kier molecular flexibility index (Phi) is 8.85. The number of carbonyl (C=O) groups excluding carboxylic acids is 4. The van der Waals surface area contributed by atoms with Crippen LogP contribution in [0.4, 0.5) is 0 Å². The summed E-state index contributed by atoms with van der Waals surface area (Å²) in [5.74, 6) is -1.89. The summed E-state index contributed by atoms with van der Waals surface area (Å²) in [6.07, 6.45) is 7.18. The van der Waals surface area contributed by atoms with E-state index in [1.165, 1.54) is 23.4 Å².